The minimum Gasteiger partial charge on any atom is -0.493 e. The van der Waals surface area contributed by atoms with Gasteiger partial charge in [0.1, 0.15) is 0 Å². The zero-order valence-corrected chi connectivity index (χ0v) is 16.1. The van der Waals surface area contributed by atoms with Crippen molar-refractivity contribution >= 4 is 23.4 Å². The van der Waals surface area contributed by atoms with Crippen LogP contribution in [0.2, 0.25) is 0 Å². The van der Waals surface area contributed by atoms with E-state index < -0.39 is 0 Å². The average Bonchev–Trinajstić information content (AvgIpc) is 3.29. The van der Waals surface area contributed by atoms with Crippen molar-refractivity contribution in [3.8, 4) is 11.5 Å². The monoisotopic (exact) mass is 387 g/mol. The van der Waals surface area contributed by atoms with Crippen molar-refractivity contribution in [2.45, 2.75) is 36.9 Å². The standard InChI is InChI=1S/C19H21N3O4S/c1-25-15-7-6-11(8-16(15)26-2)20-17(23)9-12-10-27-19-21-14-5-3-4-13(14)18(24)22(12)19/h6-8,12H,3-5,9-10H2,1-2H3,(H,20,23). The predicted molar refractivity (Wildman–Crippen MR) is 103 cm³/mol. The Morgan fingerprint density at radius 3 is 2.89 bits per heavy atom. The van der Waals surface area contributed by atoms with Gasteiger partial charge < -0.3 is 14.8 Å². The Hall–Kier alpha value is -2.48. The van der Waals surface area contributed by atoms with Crippen LogP contribution in [0.4, 0.5) is 5.69 Å². The van der Waals surface area contributed by atoms with E-state index in [1.807, 2.05) is 0 Å². The molecule has 2 aromatic rings. The lowest BCUT2D eigenvalue weighted by Gasteiger charge is -2.15. The predicted octanol–water partition coefficient (Wildman–Crippen LogP) is 2.42. The highest BCUT2D eigenvalue weighted by Crippen LogP contribution is 2.34. The molecule has 1 atom stereocenters. The third kappa shape index (κ3) is 3.29. The highest BCUT2D eigenvalue weighted by molar-refractivity contribution is 7.99. The molecule has 1 unspecified atom stereocenters. The van der Waals surface area contributed by atoms with Gasteiger partial charge in [-0.15, -0.1) is 0 Å². The van der Waals surface area contributed by atoms with Crippen molar-refractivity contribution < 1.29 is 14.3 Å². The molecular formula is C19H21N3O4S. The average molecular weight is 387 g/mol. The van der Waals surface area contributed by atoms with Crippen molar-refractivity contribution in [1.82, 2.24) is 9.55 Å². The lowest BCUT2D eigenvalue weighted by Crippen LogP contribution is -2.30. The normalized spacial score (nSPS) is 17.3. The number of nitrogens with zero attached hydrogens (tertiary/aromatic N) is 2. The van der Waals surface area contributed by atoms with Crippen molar-refractivity contribution in [2.75, 3.05) is 25.3 Å². The molecule has 0 radical (unpaired) electrons. The van der Waals surface area contributed by atoms with Crippen LogP contribution in [0, 0.1) is 0 Å². The molecule has 27 heavy (non-hydrogen) atoms. The third-order valence-electron chi connectivity index (χ3n) is 4.96. The molecule has 0 saturated carbocycles. The van der Waals surface area contributed by atoms with E-state index in [-0.39, 0.29) is 23.9 Å². The quantitative estimate of drug-likeness (QED) is 0.794. The number of aryl methyl sites for hydroxylation is 1. The number of benzene rings is 1. The number of hydrogen-bond acceptors (Lipinski definition) is 6. The molecule has 2 aliphatic rings. The number of fused-ring (bicyclic) bond motifs is 2. The van der Waals surface area contributed by atoms with Gasteiger partial charge in [-0.2, -0.15) is 0 Å². The van der Waals surface area contributed by atoms with Crippen molar-refractivity contribution in [3.05, 3.63) is 39.8 Å². The minimum atomic E-state index is -0.170. The topological polar surface area (TPSA) is 82.5 Å². The Morgan fingerprint density at radius 2 is 2.11 bits per heavy atom. The largest absolute Gasteiger partial charge is 0.493 e. The van der Waals surface area contributed by atoms with Crippen molar-refractivity contribution in [1.29, 1.82) is 0 Å². The summed E-state index contributed by atoms with van der Waals surface area (Å²) in [6, 6.07) is 5.05. The Labute approximate surface area is 161 Å². The summed E-state index contributed by atoms with van der Waals surface area (Å²) in [5, 5.41) is 3.62. The second-order valence-electron chi connectivity index (χ2n) is 6.64. The molecule has 1 aliphatic carbocycles. The fraction of sp³-hybridized carbons (Fsp3) is 0.421. The van der Waals surface area contributed by atoms with Crippen LogP contribution < -0.4 is 20.3 Å². The lowest BCUT2D eigenvalue weighted by atomic mass is 10.2. The van der Waals surface area contributed by atoms with Gasteiger partial charge in [0, 0.05) is 29.5 Å². The first-order valence-electron chi connectivity index (χ1n) is 8.89. The number of nitrogens with one attached hydrogen (secondary N) is 1. The molecule has 1 amide bonds. The molecule has 2 heterocycles. The van der Waals surface area contributed by atoms with E-state index in [2.05, 4.69) is 10.3 Å². The molecule has 8 heteroatoms. The fourth-order valence-corrected chi connectivity index (χ4v) is 4.80. The molecule has 4 rings (SSSR count). The van der Waals surface area contributed by atoms with Crippen LogP contribution in [0.3, 0.4) is 0 Å². The molecule has 1 aromatic heterocycles. The number of anilines is 1. The number of ether oxygens (including phenoxy) is 2. The number of thioether (sulfide) groups is 1. The first-order chi connectivity index (χ1) is 13.1. The second kappa shape index (κ2) is 7.26. The highest BCUT2D eigenvalue weighted by Gasteiger charge is 2.31. The van der Waals surface area contributed by atoms with Crippen LogP contribution in [0.25, 0.3) is 0 Å². The first-order valence-corrected chi connectivity index (χ1v) is 9.88. The van der Waals surface area contributed by atoms with Gasteiger partial charge in [0.05, 0.1) is 26.0 Å². The Kier molecular flexibility index (Phi) is 4.82. The first kappa shape index (κ1) is 17.9. The minimum absolute atomic E-state index is 0.0291. The van der Waals surface area contributed by atoms with Crippen LogP contribution in [0.15, 0.2) is 28.2 Å². The SMILES string of the molecule is COc1ccc(NC(=O)CC2CSc3nc4c(c(=O)n32)CCC4)cc1OC. The van der Waals surface area contributed by atoms with Gasteiger partial charge in [-0.25, -0.2) is 4.98 Å². The van der Waals surface area contributed by atoms with E-state index in [4.69, 9.17) is 9.47 Å². The molecule has 0 fully saturated rings. The zero-order valence-electron chi connectivity index (χ0n) is 15.3. The summed E-state index contributed by atoms with van der Waals surface area (Å²) in [6.07, 6.45) is 2.88. The molecule has 0 saturated heterocycles. The molecule has 142 valence electrons. The maximum absolute atomic E-state index is 12.8. The van der Waals surface area contributed by atoms with Crippen LogP contribution in [-0.4, -0.2) is 35.4 Å². The van der Waals surface area contributed by atoms with Crippen LogP contribution in [0.1, 0.15) is 30.1 Å². The molecule has 0 spiro atoms. The summed E-state index contributed by atoms with van der Waals surface area (Å²) >= 11 is 1.55. The summed E-state index contributed by atoms with van der Waals surface area (Å²) in [6.45, 7) is 0. The molecule has 0 bridgehead atoms. The maximum atomic E-state index is 12.8. The summed E-state index contributed by atoms with van der Waals surface area (Å²) in [5.74, 6) is 1.69. The van der Waals surface area contributed by atoms with Gasteiger partial charge in [0.15, 0.2) is 16.7 Å². The van der Waals surface area contributed by atoms with Gasteiger partial charge >= 0.3 is 0 Å². The van der Waals surface area contributed by atoms with E-state index in [9.17, 15) is 9.59 Å². The van der Waals surface area contributed by atoms with Gasteiger partial charge in [-0.05, 0) is 31.4 Å². The number of carbonyl (C=O) groups excluding carboxylic acids is 1. The summed E-state index contributed by atoms with van der Waals surface area (Å²) in [4.78, 5) is 30.0. The number of amides is 1. The second-order valence-corrected chi connectivity index (χ2v) is 7.62. The fourth-order valence-electron chi connectivity index (χ4n) is 3.64. The van der Waals surface area contributed by atoms with Crippen LogP contribution in [-0.2, 0) is 17.6 Å². The Morgan fingerprint density at radius 1 is 1.30 bits per heavy atom. The van der Waals surface area contributed by atoms with E-state index in [1.165, 1.54) is 0 Å². The smallest absolute Gasteiger partial charge is 0.257 e. The van der Waals surface area contributed by atoms with E-state index in [0.29, 0.717) is 22.9 Å². The van der Waals surface area contributed by atoms with Gasteiger partial charge in [0.2, 0.25) is 5.91 Å². The summed E-state index contributed by atoms with van der Waals surface area (Å²) < 4.78 is 12.2. The molecule has 7 nitrogen and oxygen atoms in total. The van der Waals surface area contributed by atoms with Gasteiger partial charge in [-0.1, -0.05) is 11.8 Å². The van der Waals surface area contributed by atoms with Crippen molar-refractivity contribution in [3.63, 3.8) is 0 Å². The summed E-state index contributed by atoms with van der Waals surface area (Å²) in [7, 11) is 3.11. The Balaban J connectivity index is 1.50. The van der Waals surface area contributed by atoms with Crippen molar-refractivity contribution in [2.24, 2.45) is 0 Å². The maximum Gasteiger partial charge on any atom is 0.257 e. The Bertz CT molecular complexity index is 957. The number of aromatic nitrogens is 2. The van der Waals surface area contributed by atoms with Gasteiger partial charge in [-0.3, -0.25) is 14.2 Å². The number of carbonyl (C=O) groups is 1. The van der Waals surface area contributed by atoms with E-state index >= 15 is 0 Å². The lowest BCUT2D eigenvalue weighted by molar-refractivity contribution is -0.116. The zero-order chi connectivity index (χ0) is 19.0. The molecule has 1 aliphatic heterocycles. The molecular weight excluding hydrogens is 366 g/mol. The molecule has 1 N–H and O–H groups in total. The highest BCUT2D eigenvalue weighted by atomic mass is 32.2. The van der Waals surface area contributed by atoms with Crippen LogP contribution in [0.5, 0.6) is 11.5 Å². The van der Waals surface area contributed by atoms with Gasteiger partial charge in [0.25, 0.3) is 5.56 Å². The molecule has 1 aromatic carbocycles. The third-order valence-corrected chi connectivity index (χ3v) is 6.06. The number of methoxy groups -OCH3 is 2. The summed E-state index contributed by atoms with van der Waals surface area (Å²) in [5.41, 5.74) is 2.42. The van der Waals surface area contributed by atoms with E-state index in [1.54, 1.807) is 48.7 Å². The van der Waals surface area contributed by atoms with E-state index in [0.717, 1.165) is 35.7 Å². The number of rotatable bonds is 5. The number of hydrogen-bond donors (Lipinski definition) is 1. The van der Waals surface area contributed by atoms with Crippen LogP contribution >= 0.6 is 11.8 Å².